The van der Waals surface area contributed by atoms with E-state index in [1.807, 2.05) is 0 Å². The molecule has 0 unspecified atom stereocenters. The van der Waals surface area contributed by atoms with Crippen LogP contribution in [0.3, 0.4) is 0 Å². The Labute approximate surface area is 164 Å². The molecule has 9 heteroatoms. The Morgan fingerprint density at radius 3 is 2.69 bits per heavy atom. The largest absolute Gasteiger partial charge is 0.495 e. The number of benzene rings is 1. The van der Waals surface area contributed by atoms with Gasteiger partial charge >= 0.3 is 6.18 Å². The number of carbonyl (C=O) groups is 1. The SMILES string of the molecule is COc1ccccc1NC(=O)Cn1nc(C)c2c(C(F)(F)F)cc(C3CC3)nc21. The molecule has 1 saturated carbocycles. The first-order valence-corrected chi connectivity index (χ1v) is 9.16. The Kier molecular flexibility index (Phi) is 4.68. The van der Waals surface area contributed by atoms with Crippen molar-refractivity contribution in [3.63, 3.8) is 0 Å². The quantitative estimate of drug-likeness (QED) is 0.689. The minimum absolute atomic E-state index is 0.0339. The number of methoxy groups -OCH3 is 1. The first-order valence-electron chi connectivity index (χ1n) is 9.16. The fraction of sp³-hybridized carbons (Fsp3) is 0.350. The molecule has 6 nitrogen and oxygen atoms in total. The van der Waals surface area contributed by atoms with Gasteiger partial charge in [0.1, 0.15) is 12.3 Å². The number of halogens is 3. The van der Waals surface area contributed by atoms with Crippen LogP contribution in [0.25, 0.3) is 11.0 Å². The van der Waals surface area contributed by atoms with Gasteiger partial charge in [0.25, 0.3) is 0 Å². The van der Waals surface area contributed by atoms with Crippen LogP contribution in [0.15, 0.2) is 30.3 Å². The van der Waals surface area contributed by atoms with Gasteiger partial charge in [-0.2, -0.15) is 18.3 Å². The summed E-state index contributed by atoms with van der Waals surface area (Å²) in [7, 11) is 1.48. The predicted molar refractivity (Wildman–Crippen MR) is 101 cm³/mol. The lowest BCUT2D eigenvalue weighted by molar-refractivity contribution is -0.136. The number of nitrogens with zero attached hydrogens (tertiary/aromatic N) is 3. The molecule has 1 fully saturated rings. The summed E-state index contributed by atoms with van der Waals surface area (Å²) in [4.78, 5) is 17.0. The lowest BCUT2D eigenvalue weighted by Gasteiger charge is -2.12. The third kappa shape index (κ3) is 3.76. The van der Waals surface area contributed by atoms with Gasteiger partial charge in [-0.25, -0.2) is 9.67 Å². The summed E-state index contributed by atoms with van der Waals surface area (Å²) in [5.74, 6) is 0.0773. The molecule has 29 heavy (non-hydrogen) atoms. The molecule has 1 aliphatic rings. The van der Waals surface area contributed by atoms with Gasteiger partial charge < -0.3 is 10.1 Å². The van der Waals surface area contributed by atoms with Crippen LogP contribution in [0.1, 0.15) is 35.7 Å². The van der Waals surface area contributed by atoms with E-state index in [-0.39, 0.29) is 29.2 Å². The molecule has 2 heterocycles. The number of fused-ring (bicyclic) bond motifs is 1. The number of aromatic nitrogens is 3. The number of aryl methyl sites for hydroxylation is 1. The van der Waals surface area contributed by atoms with Crippen molar-refractivity contribution >= 4 is 22.6 Å². The average molecular weight is 404 g/mol. The molecule has 3 aromatic rings. The van der Waals surface area contributed by atoms with E-state index >= 15 is 0 Å². The maximum atomic E-state index is 13.6. The fourth-order valence-electron chi connectivity index (χ4n) is 3.37. The van der Waals surface area contributed by atoms with Crippen molar-refractivity contribution in [1.29, 1.82) is 0 Å². The van der Waals surface area contributed by atoms with E-state index in [1.54, 1.807) is 24.3 Å². The summed E-state index contributed by atoms with van der Waals surface area (Å²) in [6, 6.07) is 8.00. The number of amides is 1. The standard InChI is InChI=1S/C20H19F3N4O2/c1-11-18-13(20(21,22)23)9-15(12-7-8-12)25-19(18)27(26-11)10-17(28)24-14-5-3-4-6-16(14)29-2/h3-6,9,12H,7-8,10H2,1-2H3,(H,24,28). The Hall–Kier alpha value is -3.10. The molecule has 2 aromatic heterocycles. The van der Waals surface area contributed by atoms with E-state index < -0.39 is 17.6 Å². The Morgan fingerprint density at radius 1 is 1.31 bits per heavy atom. The maximum Gasteiger partial charge on any atom is 0.417 e. The minimum atomic E-state index is -4.52. The summed E-state index contributed by atoms with van der Waals surface area (Å²) in [6.07, 6.45) is -2.89. The van der Waals surface area contributed by atoms with Crippen molar-refractivity contribution < 1.29 is 22.7 Å². The highest BCUT2D eigenvalue weighted by Crippen LogP contribution is 2.43. The number of anilines is 1. The molecule has 152 valence electrons. The van der Waals surface area contributed by atoms with Crippen LogP contribution in [0.5, 0.6) is 5.75 Å². The van der Waals surface area contributed by atoms with Gasteiger partial charge in [0.15, 0.2) is 5.65 Å². The number of alkyl halides is 3. The van der Waals surface area contributed by atoms with Gasteiger partial charge in [0.05, 0.1) is 29.4 Å². The predicted octanol–water partition coefficient (Wildman–Crippen LogP) is 4.28. The molecule has 1 aromatic carbocycles. The first-order chi connectivity index (χ1) is 13.8. The molecular weight excluding hydrogens is 385 g/mol. The third-order valence-electron chi connectivity index (χ3n) is 4.87. The van der Waals surface area contributed by atoms with Crippen molar-refractivity contribution in [3.05, 3.63) is 47.3 Å². The third-order valence-corrected chi connectivity index (χ3v) is 4.87. The van der Waals surface area contributed by atoms with Crippen molar-refractivity contribution in [2.24, 2.45) is 0 Å². The second kappa shape index (κ2) is 7.06. The zero-order valence-electron chi connectivity index (χ0n) is 15.9. The number of pyridine rings is 1. The Balaban J connectivity index is 1.71. The van der Waals surface area contributed by atoms with Crippen molar-refractivity contribution in [3.8, 4) is 5.75 Å². The highest BCUT2D eigenvalue weighted by atomic mass is 19.4. The number of nitrogens with one attached hydrogen (secondary N) is 1. The van der Waals surface area contributed by atoms with Crippen LogP contribution in [0.4, 0.5) is 18.9 Å². The molecule has 0 spiro atoms. The number of ether oxygens (including phenoxy) is 1. The summed E-state index contributed by atoms with van der Waals surface area (Å²) >= 11 is 0. The number of hydrogen-bond acceptors (Lipinski definition) is 4. The first kappa shape index (κ1) is 19.2. The zero-order chi connectivity index (χ0) is 20.8. The lowest BCUT2D eigenvalue weighted by atomic mass is 10.1. The van der Waals surface area contributed by atoms with Gasteiger partial charge in [-0.05, 0) is 38.0 Å². The average Bonchev–Trinajstić information content (AvgIpc) is 3.47. The molecule has 0 aliphatic heterocycles. The van der Waals surface area contributed by atoms with Crippen molar-refractivity contribution in [2.45, 2.75) is 38.4 Å². The highest BCUT2D eigenvalue weighted by Gasteiger charge is 2.37. The zero-order valence-corrected chi connectivity index (χ0v) is 15.9. The second-order valence-corrected chi connectivity index (χ2v) is 7.06. The van der Waals surface area contributed by atoms with Gasteiger partial charge in [-0.3, -0.25) is 4.79 Å². The number of hydrogen-bond donors (Lipinski definition) is 1. The summed E-state index contributed by atoms with van der Waals surface area (Å²) < 4.78 is 47.4. The molecule has 1 amide bonds. The van der Waals surface area contributed by atoms with Crippen LogP contribution in [0.2, 0.25) is 0 Å². The van der Waals surface area contributed by atoms with E-state index in [0.717, 1.165) is 18.9 Å². The summed E-state index contributed by atoms with van der Waals surface area (Å²) in [5, 5.41) is 6.81. The molecule has 0 atom stereocenters. The van der Waals surface area contributed by atoms with Crippen molar-refractivity contribution in [1.82, 2.24) is 14.8 Å². The second-order valence-electron chi connectivity index (χ2n) is 7.06. The molecule has 0 saturated heterocycles. The van der Waals surface area contributed by atoms with Crippen LogP contribution < -0.4 is 10.1 Å². The summed E-state index contributed by atoms with van der Waals surface area (Å²) in [5.41, 5.74) is 0.381. The topological polar surface area (TPSA) is 69.0 Å². The number of carbonyl (C=O) groups excluding carboxylic acids is 1. The van der Waals surface area contributed by atoms with E-state index in [1.165, 1.54) is 18.7 Å². The molecular formula is C20H19F3N4O2. The van der Waals surface area contributed by atoms with Gasteiger partial charge in [-0.15, -0.1) is 0 Å². The molecule has 1 aliphatic carbocycles. The monoisotopic (exact) mass is 404 g/mol. The van der Waals surface area contributed by atoms with Crippen LogP contribution in [-0.4, -0.2) is 27.8 Å². The number of para-hydroxylation sites is 2. The maximum absolute atomic E-state index is 13.6. The van der Waals surface area contributed by atoms with E-state index in [4.69, 9.17) is 4.74 Å². The van der Waals surface area contributed by atoms with Gasteiger partial charge in [-0.1, -0.05) is 12.1 Å². The summed E-state index contributed by atoms with van der Waals surface area (Å²) in [6.45, 7) is 1.23. The molecule has 4 rings (SSSR count). The lowest BCUT2D eigenvalue weighted by Crippen LogP contribution is -2.20. The number of rotatable bonds is 5. The molecule has 0 bridgehead atoms. The molecule has 1 N–H and O–H groups in total. The van der Waals surface area contributed by atoms with Gasteiger partial charge in [0.2, 0.25) is 5.91 Å². The normalized spacial score (nSPS) is 14.2. The Morgan fingerprint density at radius 2 is 2.03 bits per heavy atom. The van der Waals surface area contributed by atoms with Crippen LogP contribution in [0, 0.1) is 6.92 Å². The minimum Gasteiger partial charge on any atom is -0.495 e. The Bertz CT molecular complexity index is 1090. The van der Waals surface area contributed by atoms with Gasteiger partial charge in [0, 0.05) is 11.6 Å². The fourth-order valence-corrected chi connectivity index (χ4v) is 3.37. The van der Waals surface area contributed by atoms with Crippen LogP contribution in [-0.2, 0) is 17.5 Å². The van der Waals surface area contributed by atoms with Crippen molar-refractivity contribution in [2.75, 3.05) is 12.4 Å². The van der Waals surface area contributed by atoms with E-state index in [0.29, 0.717) is 17.1 Å². The smallest absolute Gasteiger partial charge is 0.417 e. The highest BCUT2D eigenvalue weighted by molar-refractivity contribution is 5.93. The van der Waals surface area contributed by atoms with Crippen LogP contribution >= 0.6 is 0 Å². The van der Waals surface area contributed by atoms with E-state index in [9.17, 15) is 18.0 Å². The molecule has 0 radical (unpaired) electrons. The van der Waals surface area contributed by atoms with E-state index in [2.05, 4.69) is 15.4 Å².